The molecule has 2 heterocycles. The Labute approximate surface area is 130 Å². The second-order valence-electron chi connectivity index (χ2n) is 7.24. The second-order valence-corrected chi connectivity index (χ2v) is 8.85. The fraction of sp³-hybridized carbons (Fsp3) is 0.867. The highest BCUT2D eigenvalue weighted by atomic mass is 32.2. The van der Waals surface area contributed by atoms with Gasteiger partial charge in [-0.25, -0.2) is 4.79 Å². The lowest BCUT2D eigenvalue weighted by Crippen LogP contribution is -2.62. The van der Waals surface area contributed by atoms with Gasteiger partial charge in [-0.1, -0.05) is 13.8 Å². The van der Waals surface area contributed by atoms with E-state index < -0.39 is 5.60 Å². The Morgan fingerprint density at radius 2 is 2.10 bits per heavy atom. The molecule has 1 unspecified atom stereocenters. The van der Waals surface area contributed by atoms with Gasteiger partial charge in [0, 0.05) is 18.8 Å². The van der Waals surface area contributed by atoms with Crippen LogP contribution in [0.4, 0.5) is 4.79 Å². The van der Waals surface area contributed by atoms with E-state index in [1.807, 2.05) is 20.8 Å². The predicted octanol–water partition coefficient (Wildman–Crippen LogP) is 2.68. The second kappa shape index (κ2) is 5.71. The largest absolute Gasteiger partial charge is 0.461 e. The number of cyclic esters (lactones) is 1. The number of carbonyl (C=O) groups is 2. The van der Waals surface area contributed by atoms with E-state index in [2.05, 4.69) is 13.8 Å². The monoisotopic (exact) mass is 315 g/mol. The van der Waals surface area contributed by atoms with Crippen LogP contribution in [0.5, 0.6) is 0 Å². The third-order valence-electron chi connectivity index (χ3n) is 3.70. The Morgan fingerprint density at radius 1 is 1.48 bits per heavy atom. The summed E-state index contributed by atoms with van der Waals surface area (Å²) in [5, 5.41) is 0.503. The molecule has 120 valence electrons. The molecule has 2 aliphatic heterocycles. The molecule has 2 saturated heterocycles. The number of carbonyl (C=O) groups excluding carboxylic acids is 2. The van der Waals surface area contributed by atoms with E-state index in [-0.39, 0.29) is 23.6 Å². The minimum atomic E-state index is -0.491. The molecule has 1 amide bonds. The quantitative estimate of drug-likeness (QED) is 0.750. The van der Waals surface area contributed by atoms with Gasteiger partial charge in [-0.15, -0.1) is 0 Å². The lowest BCUT2D eigenvalue weighted by Gasteiger charge is -2.49. The van der Waals surface area contributed by atoms with Crippen molar-refractivity contribution in [2.75, 3.05) is 18.8 Å². The van der Waals surface area contributed by atoms with Crippen LogP contribution >= 0.6 is 11.8 Å². The molecule has 1 spiro atoms. The lowest BCUT2D eigenvalue weighted by molar-refractivity contribution is -0.141. The van der Waals surface area contributed by atoms with Crippen LogP contribution in [0.2, 0.25) is 0 Å². The van der Waals surface area contributed by atoms with Crippen LogP contribution < -0.4 is 0 Å². The van der Waals surface area contributed by atoms with Gasteiger partial charge in [0.2, 0.25) is 0 Å². The zero-order valence-electron chi connectivity index (χ0n) is 13.5. The minimum absolute atomic E-state index is 0.0870. The van der Waals surface area contributed by atoms with Crippen molar-refractivity contribution in [3.05, 3.63) is 0 Å². The molecule has 2 aliphatic rings. The Bertz CT molecular complexity index is 424. The Hall–Kier alpha value is -0.910. The fourth-order valence-electron chi connectivity index (χ4n) is 2.70. The van der Waals surface area contributed by atoms with E-state index in [1.165, 1.54) is 0 Å². The van der Waals surface area contributed by atoms with Crippen molar-refractivity contribution in [2.24, 2.45) is 5.41 Å². The average molecular weight is 315 g/mol. The van der Waals surface area contributed by atoms with E-state index >= 15 is 0 Å². The number of nitrogens with zero attached hydrogens (tertiary/aromatic N) is 1. The Morgan fingerprint density at radius 3 is 2.62 bits per heavy atom. The molecular formula is C15H25NO4S. The van der Waals surface area contributed by atoms with Gasteiger partial charge in [-0.05, 0) is 26.0 Å². The van der Waals surface area contributed by atoms with Gasteiger partial charge < -0.3 is 14.4 Å². The van der Waals surface area contributed by atoms with Crippen LogP contribution in [-0.2, 0) is 14.3 Å². The average Bonchev–Trinajstić information content (AvgIpc) is 2.59. The van der Waals surface area contributed by atoms with Gasteiger partial charge in [0.15, 0.2) is 0 Å². The van der Waals surface area contributed by atoms with Crippen molar-refractivity contribution in [2.45, 2.75) is 58.0 Å². The Kier molecular flexibility index (Phi) is 4.47. The minimum Gasteiger partial charge on any atom is -0.461 e. The van der Waals surface area contributed by atoms with Gasteiger partial charge in [-0.3, -0.25) is 4.79 Å². The molecule has 6 heteroatoms. The first-order chi connectivity index (χ1) is 9.61. The summed E-state index contributed by atoms with van der Waals surface area (Å²) < 4.78 is 10.8. The van der Waals surface area contributed by atoms with Crippen molar-refractivity contribution in [3.8, 4) is 0 Å². The first kappa shape index (κ1) is 16.5. The van der Waals surface area contributed by atoms with Crippen LogP contribution in [0.25, 0.3) is 0 Å². The normalized spacial score (nSPS) is 24.2. The SMILES string of the molecule is CC(C)SCC1OC(=O)CC12CN(C(=O)OC(C)(C)C)C2. The molecule has 0 aliphatic carbocycles. The van der Waals surface area contributed by atoms with E-state index in [9.17, 15) is 9.59 Å². The van der Waals surface area contributed by atoms with Crippen LogP contribution in [0.1, 0.15) is 41.0 Å². The predicted molar refractivity (Wildman–Crippen MR) is 82.3 cm³/mol. The van der Waals surface area contributed by atoms with Crippen molar-refractivity contribution >= 4 is 23.8 Å². The van der Waals surface area contributed by atoms with E-state index in [4.69, 9.17) is 9.47 Å². The summed E-state index contributed by atoms with van der Waals surface area (Å²) in [6.45, 7) is 10.9. The van der Waals surface area contributed by atoms with Crippen LogP contribution in [0.3, 0.4) is 0 Å². The van der Waals surface area contributed by atoms with Crippen LogP contribution in [0, 0.1) is 5.41 Å². The molecule has 0 aromatic carbocycles. The van der Waals surface area contributed by atoms with Crippen molar-refractivity contribution in [3.63, 3.8) is 0 Å². The van der Waals surface area contributed by atoms with Gasteiger partial charge >= 0.3 is 12.1 Å². The molecule has 0 saturated carbocycles. The molecule has 1 atom stereocenters. The molecule has 5 nitrogen and oxygen atoms in total. The zero-order chi connectivity index (χ0) is 15.8. The molecule has 2 rings (SSSR count). The number of amides is 1. The highest BCUT2D eigenvalue weighted by Crippen LogP contribution is 2.45. The van der Waals surface area contributed by atoms with E-state index in [0.717, 1.165) is 5.75 Å². The fourth-order valence-corrected chi connectivity index (χ4v) is 3.68. The van der Waals surface area contributed by atoms with Gasteiger partial charge in [-0.2, -0.15) is 11.8 Å². The Balaban J connectivity index is 1.92. The summed E-state index contributed by atoms with van der Waals surface area (Å²) in [4.78, 5) is 25.3. The highest BCUT2D eigenvalue weighted by molar-refractivity contribution is 7.99. The molecule has 0 N–H and O–H groups in total. The smallest absolute Gasteiger partial charge is 0.410 e. The molecule has 21 heavy (non-hydrogen) atoms. The van der Waals surface area contributed by atoms with Crippen molar-refractivity contribution in [1.29, 1.82) is 0 Å². The molecule has 2 fully saturated rings. The summed E-state index contributed by atoms with van der Waals surface area (Å²) in [5.74, 6) is 0.652. The number of esters is 1. The molecular weight excluding hydrogens is 290 g/mol. The lowest BCUT2D eigenvalue weighted by atomic mass is 9.74. The molecule has 0 aromatic rings. The third-order valence-corrected chi connectivity index (χ3v) is 4.86. The summed E-state index contributed by atoms with van der Waals surface area (Å²) >= 11 is 1.79. The topological polar surface area (TPSA) is 55.8 Å². The number of likely N-dealkylation sites (tertiary alicyclic amines) is 1. The summed E-state index contributed by atoms with van der Waals surface area (Å²) in [6.07, 6.45) is 0.0223. The molecule has 0 radical (unpaired) electrons. The highest BCUT2D eigenvalue weighted by Gasteiger charge is 2.58. The van der Waals surface area contributed by atoms with Gasteiger partial charge in [0.1, 0.15) is 11.7 Å². The third kappa shape index (κ3) is 3.84. The van der Waals surface area contributed by atoms with Crippen molar-refractivity contribution < 1.29 is 19.1 Å². The summed E-state index contributed by atoms with van der Waals surface area (Å²) in [7, 11) is 0. The van der Waals surface area contributed by atoms with E-state index in [1.54, 1.807) is 16.7 Å². The first-order valence-corrected chi connectivity index (χ1v) is 8.45. The summed E-state index contributed by atoms with van der Waals surface area (Å²) in [5.41, 5.74) is -0.690. The van der Waals surface area contributed by atoms with Crippen LogP contribution in [0.15, 0.2) is 0 Å². The van der Waals surface area contributed by atoms with Gasteiger partial charge in [0.25, 0.3) is 0 Å². The standard InChI is InChI=1S/C15H25NO4S/c1-10(2)21-7-11-15(6-12(17)19-11)8-16(9-15)13(18)20-14(3,4)5/h10-11H,6-9H2,1-5H3. The van der Waals surface area contributed by atoms with Crippen molar-refractivity contribution in [1.82, 2.24) is 4.90 Å². The maximum atomic E-state index is 12.0. The number of ether oxygens (including phenoxy) is 2. The number of rotatable bonds is 3. The molecule has 0 bridgehead atoms. The maximum absolute atomic E-state index is 12.0. The van der Waals surface area contributed by atoms with E-state index in [0.29, 0.717) is 24.8 Å². The number of hydrogen-bond acceptors (Lipinski definition) is 5. The zero-order valence-corrected chi connectivity index (χ0v) is 14.3. The number of thioether (sulfide) groups is 1. The first-order valence-electron chi connectivity index (χ1n) is 7.40. The number of hydrogen-bond donors (Lipinski definition) is 0. The maximum Gasteiger partial charge on any atom is 0.410 e. The molecule has 0 aromatic heterocycles. The van der Waals surface area contributed by atoms with Crippen LogP contribution in [-0.4, -0.2) is 52.8 Å². The van der Waals surface area contributed by atoms with Gasteiger partial charge in [0.05, 0.1) is 11.8 Å². The summed E-state index contributed by atoms with van der Waals surface area (Å²) in [6, 6.07) is 0.